The number of rotatable bonds is 0. The van der Waals surface area contributed by atoms with Crippen LogP contribution in [0, 0.1) is 5.41 Å². The largest absolute Gasteiger partial charge is 0.0710 e. The molecule has 15 heavy (non-hydrogen) atoms. The van der Waals surface area contributed by atoms with Crippen molar-refractivity contribution in [3.8, 4) is 0 Å². The maximum absolute atomic E-state index is 2.44. The molecule has 88 valence electrons. The Kier molecular flexibility index (Phi) is 4.89. The minimum atomic E-state index is 0.592. The van der Waals surface area contributed by atoms with E-state index < -0.39 is 0 Å². The van der Waals surface area contributed by atoms with E-state index in [1.165, 1.54) is 51.4 Å². The summed E-state index contributed by atoms with van der Waals surface area (Å²) in [5.74, 6) is 0. The molecule has 0 heterocycles. The highest BCUT2D eigenvalue weighted by Crippen LogP contribution is 2.41. The zero-order valence-electron chi connectivity index (χ0n) is 11.2. The van der Waals surface area contributed by atoms with Crippen molar-refractivity contribution < 1.29 is 0 Å². The molecule has 0 heteroatoms. The molecule has 0 aromatic carbocycles. The van der Waals surface area contributed by atoms with Crippen molar-refractivity contribution in [1.29, 1.82) is 0 Å². The molecular formula is C15H28. The van der Waals surface area contributed by atoms with E-state index in [1.807, 2.05) is 25.0 Å². The number of hydrogen-bond acceptors (Lipinski definition) is 0. The van der Waals surface area contributed by atoms with E-state index in [4.69, 9.17) is 0 Å². The first-order valence-corrected chi connectivity index (χ1v) is 6.87. The van der Waals surface area contributed by atoms with Crippen molar-refractivity contribution in [2.24, 2.45) is 5.41 Å². The van der Waals surface area contributed by atoms with Crippen molar-refractivity contribution in [3.05, 3.63) is 11.1 Å². The highest BCUT2D eigenvalue weighted by atomic mass is 14.3. The second kappa shape index (κ2) is 5.72. The van der Waals surface area contributed by atoms with Gasteiger partial charge in [-0.25, -0.2) is 0 Å². The fraction of sp³-hybridized carbons (Fsp3) is 0.867. The standard InChI is InChI=1S/C13H22.C2H6/c1-13(2)9-5-8-11-6-3-4-7-12(11)10-13;1-2/h3-10H2,1-2H3;1-2H3. The van der Waals surface area contributed by atoms with Crippen molar-refractivity contribution in [2.75, 3.05) is 0 Å². The summed E-state index contributed by atoms with van der Waals surface area (Å²) >= 11 is 0. The Bertz CT molecular complexity index is 220. The van der Waals surface area contributed by atoms with Gasteiger partial charge in [0, 0.05) is 0 Å². The molecule has 0 aromatic heterocycles. The van der Waals surface area contributed by atoms with Gasteiger partial charge < -0.3 is 0 Å². The van der Waals surface area contributed by atoms with Crippen LogP contribution in [-0.4, -0.2) is 0 Å². The molecule has 0 atom stereocenters. The Morgan fingerprint density at radius 2 is 1.33 bits per heavy atom. The summed E-state index contributed by atoms with van der Waals surface area (Å²) in [6.07, 6.45) is 11.4. The molecular weight excluding hydrogens is 180 g/mol. The van der Waals surface area contributed by atoms with E-state index in [-0.39, 0.29) is 0 Å². The van der Waals surface area contributed by atoms with Gasteiger partial charge in [-0.15, -0.1) is 0 Å². The van der Waals surface area contributed by atoms with Crippen LogP contribution in [0.15, 0.2) is 11.1 Å². The monoisotopic (exact) mass is 208 g/mol. The molecule has 0 bridgehead atoms. The van der Waals surface area contributed by atoms with Crippen LogP contribution in [0.4, 0.5) is 0 Å². The van der Waals surface area contributed by atoms with Crippen molar-refractivity contribution in [2.45, 2.75) is 79.1 Å². The molecule has 0 spiro atoms. The predicted molar refractivity (Wildman–Crippen MR) is 69.1 cm³/mol. The summed E-state index contributed by atoms with van der Waals surface area (Å²) in [4.78, 5) is 0. The molecule has 0 nitrogen and oxygen atoms in total. The van der Waals surface area contributed by atoms with Crippen LogP contribution in [-0.2, 0) is 0 Å². The van der Waals surface area contributed by atoms with E-state index in [0.717, 1.165) is 0 Å². The molecule has 0 unspecified atom stereocenters. The Hall–Kier alpha value is -0.260. The average Bonchev–Trinajstić information content (AvgIpc) is 2.37. The Balaban J connectivity index is 0.000000531. The molecule has 0 N–H and O–H groups in total. The van der Waals surface area contributed by atoms with Gasteiger partial charge in [0.25, 0.3) is 0 Å². The van der Waals surface area contributed by atoms with E-state index >= 15 is 0 Å². The van der Waals surface area contributed by atoms with Gasteiger partial charge in [0.05, 0.1) is 0 Å². The average molecular weight is 208 g/mol. The van der Waals surface area contributed by atoms with E-state index in [1.54, 1.807) is 0 Å². The van der Waals surface area contributed by atoms with E-state index in [2.05, 4.69) is 13.8 Å². The molecule has 0 radical (unpaired) electrons. The first-order valence-electron chi connectivity index (χ1n) is 6.87. The lowest BCUT2D eigenvalue weighted by molar-refractivity contribution is 0.328. The summed E-state index contributed by atoms with van der Waals surface area (Å²) in [6.45, 7) is 8.88. The Morgan fingerprint density at radius 3 is 2.00 bits per heavy atom. The highest BCUT2D eigenvalue weighted by Gasteiger charge is 2.25. The highest BCUT2D eigenvalue weighted by molar-refractivity contribution is 5.19. The summed E-state index contributed by atoms with van der Waals surface area (Å²) in [5, 5.41) is 0. The predicted octanol–water partition coefficient (Wildman–Crippen LogP) is 5.48. The quantitative estimate of drug-likeness (QED) is 0.462. The smallest absolute Gasteiger partial charge is 0.0266 e. The number of allylic oxidation sites excluding steroid dienone is 2. The van der Waals surface area contributed by atoms with Crippen LogP contribution in [0.25, 0.3) is 0 Å². The molecule has 0 fully saturated rings. The second-order valence-electron chi connectivity index (χ2n) is 5.61. The van der Waals surface area contributed by atoms with Crippen LogP contribution in [0.5, 0.6) is 0 Å². The molecule has 0 amide bonds. The lowest BCUT2D eigenvalue weighted by atomic mass is 9.80. The maximum atomic E-state index is 2.44. The normalized spacial score (nSPS) is 24.8. The Labute approximate surface area is 96.2 Å². The van der Waals surface area contributed by atoms with Gasteiger partial charge >= 0.3 is 0 Å². The van der Waals surface area contributed by atoms with E-state index in [0.29, 0.717) is 5.41 Å². The third-order valence-corrected chi connectivity index (χ3v) is 3.73. The van der Waals surface area contributed by atoms with Crippen molar-refractivity contribution in [1.82, 2.24) is 0 Å². The van der Waals surface area contributed by atoms with Gasteiger partial charge in [-0.1, -0.05) is 38.8 Å². The zero-order valence-corrected chi connectivity index (χ0v) is 11.2. The number of hydrogen-bond donors (Lipinski definition) is 0. The summed E-state index contributed by atoms with van der Waals surface area (Å²) in [5.41, 5.74) is 4.28. The maximum Gasteiger partial charge on any atom is -0.0266 e. The van der Waals surface area contributed by atoms with Gasteiger partial charge in [-0.3, -0.25) is 0 Å². The summed E-state index contributed by atoms with van der Waals surface area (Å²) < 4.78 is 0. The van der Waals surface area contributed by atoms with Crippen molar-refractivity contribution >= 4 is 0 Å². The minimum Gasteiger partial charge on any atom is -0.0710 e. The molecule has 0 saturated heterocycles. The van der Waals surface area contributed by atoms with Gasteiger partial charge in [0.15, 0.2) is 0 Å². The second-order valence-corrected chi connectivity index (χ2v) is 5.61. The zero-order chi connectivity index (χ0) is 11.3. The third-order valence-electron chi connectivity index (χ3n) is 3.73. The van der Waals surface area contributed by atoms with Crippen molar-refractivity contribution in [3.63, 3.8) is 0 Å². The SMILES string of the molecule is CC.CC1(C)CCCC2=C(CCCC2)C1. The molecule has 2 aliphatic carbocycles. The molecule has 2 aliphatic rings. The first-order chi connectivity index (χ1) is 7.17. The third kappa shape index (κ3) is 3.66. The lowest BCUT2D eigenvalue weighted by Gasteiger charge is -2.25. The lowest BCUT2D eigenvalue weighted by Crippen LogP contribution is -2.11. The van der Waals surface area contributed by atoms with Crippen LogP contribution in [0.2, 0.25) is 0 Å². The fourth-order valence-electron chi connectivity index (χ4n) is 2.99. The summed E-state index contributed by atoms with van der Waals surface area (Å²) in [6, 6.07) is 0. The van der Waals surface area contributed by atoms with Gasteiger partial charge in [0.1, 0.15) is 0 Å². The molecule has 0 saturated carbocycles. The first kappa shape index (κ1) is 12.8. The molecule has 0 aliphatic heterocycles. The van der Waals surface area contributed by atoms with Gasteiger partial charge in [-0.05, 0) is 56.8 Å². The summed E-state index contributed by atoms with van der Waals surface area (Å²) in [7, 11) is 0. The molecule has 2 rings (SSSR count). The van der Waals surface area contributed by atoms with Gasteiger partial charge in [0.2, 0.25) is 0 Å². The van der Waals surface area contributed by atoms with Gasteiger partial charge in [-0.2, -0.15) is 0 Å². The molecule has 0 aromatic rings. The Morgan fingerprint density at radius 1 is 0.800 bits per heavy atom. The van der Waals surface area contributed by atoms with Crippen LogP contribution in [0.3, 0.4) is 0 Å². The fourth-order valence-corrected chi connectivity index (χ4v) is 2.99. The van der Waals surface area contributed by atoms with E-state index in [9.17, 15) is 0 Å². The van der Waals surface area contributed by atoms with Crippen LogP contribution < -0.4 is 0 Å². The topological polar surface area (TPSA) is 0 Å². The van der Waals surface area contributed by atoms with Crippen LogP contribution >= 0.6 is 0 Å². The van der Waals surface area contributed by atoms with Crippen LogP contribution in [0.1, 0.15) is 79.1 Å². The minimum absolute atomic E-state index is 0.592.